The monoisotopic (exact) mass is 482 g/mol. The summed E-state index contributed by atoms with van der Waals surface area (Å²) in [6.45, 7) is 0. The highest BCUT2D eigenvalue weighted by atomic mass is 35.5. The normalized spacial score (nSPS) is 19.9. The molecule has 2 atom stereocenters. The third-order valence-electron chi connectivity index (χ3n) is 2.53. The minimum Gasteiger partial charge on any atom is -0.249 e. The van der Waals surface area contributed by atoms with Crippen LogP contribution in [0.4, 0.5) is 52.7 Å². The molecule has 0 aromatic carbocycles. The predicted octanol–water partition coefficient (Wildman–Crippen LogP) is 6.34. The van der Waals surface area contributed by atoms with Crippen molar-refractivity contribution in [1.82, 2.24) is 0 Å². The molecule has 0 saturated carbocycles. The fourth-order valence-electron chi connectivity index (χ4n) is 1.14. The van der Waals surface area contributed by atoms with E-state index in [2.05, 4.69) is 46.4 Å². The molecule has 2 unspecified atom stereocenters. The second-order valence-electron chi connectivity index (χ2n) is 4.16. The van der Waals surface area contributed by atoms with Gasteiger partial charge in [-0.05, 0) is 0 Å². The van der Waals surface area contributed by atoms with E-state index in [-0.39, 0.29) is 0 Å². The van der Waals surface area contributed by atoms with Crippen molar-refractivity contribution >= 4 is 46.4 Å². The van der Waals surface area contributed by atoms with Crippen LogP contribution in [0.2, 0.25) is 0 Å². The molecule has 0 aromatic heterocycles. The van der Waals surface area contributed by atoms with E-state index in [1.807, 2.05) is 4.74 Å². The van der Waals surface area contributed by atoms with Gasteiger partial charge in [-0.2, -0.15) is 43.9 Å². The Kier molecular flexibility index (Phi) is 7.10. The number of rotatable bonds is 6. The van der Waals surface area contributed by atoms with Gasteiger partial charge in [-0.15, -0.1) is 46.4 Å². The number of alkyl halides is 16. The first-order valence-corrected chi connectivity index (χ1v) is 6.87. The molecule has 0 heterocycles. The summed E-state index contributed by atoms with van der Waals surface area (Å²) in [7, 11) is 0. The summed E-state index contributed by atoms with van der Waals surface area (Å²) >= 11 is 17.4. The van der Waals surface area contributed by atoms with Gasteiger partial charge in [-0.25, -0.2) is 13.5 Å². The average Bonchev–Trinajstić information content (AvgIpc) is 2.31. The maximum Gasteiger partial charge on any atom is 0.434 e. The van der Waals surface area contributed by atoms with E-state index in [4.69, 9.17) is 0 Å². The van der Waals surface area contributed by atoms with Gasteiger partial charge in [0.2, 0.25) is 0 Å². The van der Waals surface area contributed by atoms with Gasteiger partial charge < -0.3 is 0 Å². The Bertz CT molecular complexity index is 435. The minimum absolute atomic E-state index is 1.94. The van der Waals surface area contributed by atoms with E-state index < -0.39 is 45.6 Å². The molecule has 0 bridgehead atoms. The Morgan fingerprint density at radius 2 is 0.680 bits per heavy atom. The van der Waals surface area contributed by atoms with Crippen LogP contribution in [0.1, 0.15) is 0 Å². The largest absolute Gasteiger partial charge is 0.434 e. The van der Waals surface area contributed by atoms with Gasteiger partial charge in [0.25, 0.3) is 0 Å². The summed E-state index contributed by atoms with van der Waals surface area (Å²) in [5.41, 5.74) is -12.7. The molecular formula is C8H2Cl4F12O. The molecule has 0 aliphatic rings. The average molecular weight is 484 g/mol. The molecule has 152 valence electrons. The summed E-state index contributed by atoms with van der Waals surface area (Å²) in [6, 6.07) is 0. The van der Waals surface area contributed by atoms with E-state index >= 15 is 0 Å². The molecular weight excluding hydrogens is 482 g/mol. The zero-order chi connectivity index (χ0) is 20.9. The van der Waals surface area contributed by atoms with Crippen LogP contribution in [0.25, 0.3) is 0 Å². The van der Waals surface area contributed by atoms with Crippen LogP contribution in [0.5, 0.6) is 0 Å². The van der Waals surface area contributed by atoms with Gasteiger partial charge in [0.1, 0.15) is 0 Å². The van der Waals surface area contributed by atoms with Crippen LogP contribution >= 0.6 is 46.4 Å². The van der Waals surface area contributed by atoms with Crippen LogP contribution in [0, 0.1) is 0 Å². The molecule has 0 aliphatic heterocycles. The summed E-state index contributed by atoms with van der Waals surface area (Å²) in [6.07, 6.45) is -27.5. The Labute approximate surface area is 150 Å². The summed E-state index contributed by atoms with van der Waals surface area (Å²) < 4.78 is 157. The Balaban J connectivity index is 6.26. The van der Waals surface area contributed by atoms with Gasteiger partial charge in [0.15, 0.2) is 9.67 Å². The molecule has 17 heteroatoms. The molecule has 0 N–H and O–H groups in total. The van der Waals surface area contributed by atoms with Gasteiger partial charge in [-0.3, -0.25) is 0 Å². The topological polar surface area (TPSA) is 9.23 Å². The van der Waals surface area contributed by atoms with Gasteiger partial charge >= 0.3 is 35.9 Å². The van der Waals surface area contributed by atoms with Crippen molar-refractivity contribution in [1.29, 1.82) is 0 Å². The fraction of sp³-hybridized carbons (Fsp3) is 1.00. The molecule has 0 fully saturated rings. The van der Waals surface area contributed by atoms with E-state index in [1.54, 1.807) is 0 Å². The highest BCUT2D eigenvalue weighted by molar-refractivity contribution is 6.45. The number of hydrogen-bond donors (Lipinski definition) is 0. The quantitative estimate of drug-likeness (QED) is 0.316. The Morgan fingerprint density at radius 1 is 0.480 bits per heavy atom. The van der Waals surface area contributed by atoms with Crippen molar-refractivity contribution in [3.63, 3.8) is 0 Å². The molecule has 0 saturated heterocycles. The molecule has 0 radical (unpaired) electrons. The second kappa shape index (κ2) is 7.02. The first-order chi connectivity index (χ1) is 10.6. The van der Waals surface area contributed by atoms with E-state index in [0.29, 0.717) is 0 Å². The predicted molar refractivity (Wildman–Crippen MR) is 61.8 cm³/mol. The molecule has 0 aliphatic carbocycles. The fourth-order valence-corrected chi connectivity index (χ4v) is 2.14. The number of ether oxygens (including phenoxy) is 1. The Hall–Kier alpha value is 0.280. The minimum atomic E-state index is -6.91. The van der Waals surface area contributed by atoms with Crippen molar-refractivity contribution in [2.24, 2.45) is 0 Å². The summed E-state index contributed by atoms with van der Waals surface area (Å²) in [5.74, 6) is 0. The first-order valence-electron chi connectivity index (χ1n) is 5.13. The zero-order valence-electron chi connectivity index (χ0n) is 10.6. The van der Waals surface area contributed by atoms with Crippen LogP contribution in [0.15, 0.2) is 0 Å². The molecule has 0 spiro atoms. The molecule has 1 nitrogen and oxygen atoms in total. The standard InChI is InChI=1S/C8H2Cl4F12O/c9-1(10)3(13,5(15,16)17)7(21,22)25-8(23,24)4(14,2(11)12)6(18,19)20/h1-2H. The van der Waals surface area contributed by atoms with Crippen LogP contribution in [0.3, 0.4) is 0 Å². The first kappa shape index (κ1) is 25.3. The smallest absolute Gasteiger partial charge is 0.249 e. The highest BCUT2D eigenvalue weighted by Crippen LogP contribution is 2.57. The Morgan fingerprint density at radius 3 is 0.800 bits per heavy atom. The van der Waals surface area contributed by atoms with Crippen molar-refractivity contribution < 1.29 is 57.4 Å². The van der Waals surface area contributed by atoms with Crippen LogP contribution < -0.4 is 0 Å². The van der Waals surface area contributed by atoms with Crippen LogP contribution in [-0.2, 0) is 4.74 Å². The zero-order valence-corrected chi connectivity index (χ0v) is 13.6. The maximum atomic E-state index is 13.5. The maximum absolute atomic E-state index is 13.5. The third-order valence-corrected chi connectivity index (χ3v) is 3.73. The molecule has 25 heavy (non-hydrogen) atoms. The highest BCUT2D eigenvalue weighted by Gasteiger charge is 2.83. The van der Waals surface area contributed by atoms with Crippen LogP contribution in [-0.4, -0.2) is 45.6 Å². The SMILES string of the molecule is FC(F)(F)C(F)(C(Cl)Cl)C(F)(F)OC(F)(F)C(F)(C(Cl)Cl)C(F)(F)F. The number of hydrogen-bond acceptors (Lipinski definition) is 1. The lowest BCUT2D eigenvalue weighted by molar-refractivity contribution is -0.478. The lowest BCUT2D eigenvalue weighted by Crippen LogP contribution is -2.67. The van der Waals surface area contributed by atoms with Crippen molar-refractivity contribution in [2.45, 2.75) is 45.6 Å². The van der Waals surface area contributed by atoms with Gasteiger partial charge in [0, 0.05) is 0 Å². The van der Waals surface area contributed by atoms with Gasteiger partial charge in [-0.1, -0.05) is 0 Å². The molecule has 0 amide bonds. The lowest BCUT2D eigenvalue weighted by atomic mass is 10.0. The van der Waals surface area contributed by atoms with Crippen molar-refractivity contribution in [3.8, 4) is 0 Å². The van der Waals surface area contributed by atoms with Gasteiger partial charge in [0.05, 0.1) is 0 Å². The van der Waals surface area contributed by atoms with Crippen molar-refractivity contribution in [2.75, 3.05) is 0 Å². The molecule has 0 aromatic rings. The van der Waals surface area contributed by atoms with Crippen molar-refractivity contribution in [3.05, 3.63) is 0 Å². The van der Waals surface area contributed by atoms with E-state index in [0.717, 1.165) is 0 Å². The number of halogens is 16. The second-order valence-corrected chi connectivity index (χ2v) is 6.35. The van der Waals surface area contributed by atoms with E-state index in [9.17, 15) is 52.7 Å². The lowest BCUT2D eigenvalue weighted by Gasteiger charge is -2.40. The van der Waals surface area contributed by atoms with E-state index in [1.165, 1.54) is 0 Å². The molecule has 0 rings (SSSR count). The summed E-state index contributed by atoms with van der Waals surface area (Å²) in [5, 5.41) is 0. The third kappa shape index (κ3) is 4.09. The summed E-state index contributed by atoms with van der Waals surface area (Å²) in [4.78, 5) is -7.75.